The molecule has 1 aromatic carbocycles. The third-order valence-corrected chi connectivity index (χ3v) is 2.81. The van der Waals surface area contributed by atoms with E-state index in [1.807, 2.05) is 12.1 Å². The van der Waals surface area contributed by atoms with Crippen molar-refractivity contribution in [3.8, 4) is 0 Å². The second kappa shape index (κ2) is 4.11. The van der Waals surface area contributed by atoms with E-state index in [0.29, 0.717) is 13.0 Å². The van der Waals surface area contributed by atoms with Crippen LogP contribution >= 0.6 is 0 Å². The average Bonchev–Trinajstić information content (AvgIpc) is 3.02. The molecule has 2 rings (SSSR count). The van der Waals surface area contributed by atoms with Crippen LogP contribution in [-0.2, 0) is 0 Å². The lowest BCUT2D eigenvalue weighted by Crippen LogP contribution is -2.06. The lowest BCUT2D eigenvalue weighted by atomic mass is 10.0. The molecule has 0 bridgehead atoms. The number of hydrogen-bond acceptors (Lipinski definition) is 2. The van der Waals surface area contributed by atoms with Gasteiger partial charge in [0, 0.05) is 0 Å². The fraction of sp³-hybridized carbons (Fsp3) is 0.500. The van der Waals surface area contributed by atoms with Crippen molar-refractivity contribution >= 4 is 0 Å². The highest BCUT2D eigenvalue weighted by Crippen LogP contribution is 2.40. The quantitative estimate of drug-likeness (QED) is 0.764. The van der Waals surface area contributed by atoms with Crippen LogP contribution in [0.4, 0.5) is 0 Å². The Morgan fingerprint density at radius 2 is 1.93 bits per heavy atom. The summed E-state index contributed by atoms with van der Waals surface area (Å²) in [6, 6.07) is 8.31. The Labute approximate surface area is 84.7 Å². The number of hydrogen-bond donors (Lipinski definition) is 2. The largest absolute Gasteiger partial charge is 0.388 e. The van der Waals surface area contributed by atoms with Crippen LogP contribution < -0.4 is 5.73 Å². The van der Waals surface area contributed by atoms with Crippen LogP contribution in [0.2, 0.25) is 0 Å². The highest BCUT2D eigenvalue weighted by Gasteiger charge is 2.23. The molecule has 76 valence electrons. The van der Waals surface area contributed by atoms with Gasteiger partial charge in [-0.15, -0.1) is 0 Å². The standard InChI is InChI=1S/C12H17NO/c13-8-7-12(14)11-5-3-10(4-6-11)9-1-2-9/h3-6,9,12,14H,1-2,7-8,13H2/t12-/m1/s1. The van der Waals surface area contributed by atoms with E-state index in [1.165, 1.54) is 18.4 Å². The molecule has 0 aromatic heterocycles. The number of rotatable bonds is 4. The molecule has 14 heavy (non-hydrogen) atoms. The van der Waals surface area contributed by atoms with E-state index in [-0.39, 0.29) is 0 Å². The molecule has 0 aliphatic heterocycles. The molecule has 0 spiro atoms. The molecule has 1 atom stereocenters. The van der Waals surface area contributed by atoms with E-state index in [9.17, 15) is 5.11 Å². The van der Waals surface area contributed by atoms with Gasteiger partial charge in [0.05, 0.1) is 6.10 Å². The van der Waals surface area contributed by atoms with Crippen LogP contribution in [-0.4, -0.2) is 11.7 Å². The molecule has 3 N–H and O–H groups in total. The van der Waals surface area contributed by atoms with Gasteiger partial charge in [-0.2, -0.15) is 0 Å². The molecule has 0 heterocycles. The summed E-state index contributed by atoms with van der Waals surface area (Å²) in [5.41, 5.74) is 7.79. The molecule has 1 fully saturated rings. The molecule has 0 saturated heterocycles. The predicted octanol–water partition coefficient (Wildman–Crippen LogP) is 1.95. The van der Waals surface area contributed by atoms with Crippen LogP contribution in [0.15, 0.2) is 24.3 Å². The highest BCUT2D eigenvalue weighted by molar-refractivity contribution is 5.29. The molecule has 1 aliphatic rings. The summed E-state index contributed by atoms with van der Waals surface area (Å²) in [5.74, 6) is 0.788. The molecule has 1 saturated carbocycles. The Morgan fingerprint density at radius 1 is 1.29 bits per heavy atom. The van der Waals surface area contributed by atoms with Crippen molar-refractivity contribution in [1.29, 1.82) is 0 Å². The zero-order chi connectivity index (χ0) is 9.97. The minimum atomic E-state index is -0.395. The van der Waals surface area contributed by atoms with Gasteiger partial charge in [0.1, 0.15) is 0 Å². The van der Waals surface area contributed by atoms with E-state index < -0.39 is 6.10 Å². The molecule has 2 nitrogen and oxygen atoms in total. The first kappa shape index (κ1) is 9.69. The second-order valence-electron chi connectivity index (χ2n) is 4.03. The number of aliphatic hydroxyl groups excluding tert-OH is 1. The van der Waals surface area contributed by atoms with Crippen molar-refractivity contribution in [3.63, 3.8) is 0 Å². The van der Waals surface area contributed by atoms with Crippen LogP contribution in [0.5, 0.6) is 0 Å². The van der Waals surface area contributed by atoms with E-state index >= 15 is 0 Å². The number of benzene rings is 1. The monoisotopic (exact) mass is 191 g/mol. The van der Waals surface area contributed by atoms with Gasteiger partial charge >= 0.3 is 0 Å². The van der Waals surface area contributed by atoms with Gasteiger partial charge in [-0.25, -0.2) is 0 Å². The van der Waals surface area contributed by atoms with Gasteiger partial charge in [-0.3, -0.25) is 0 Å². The SMILES string of the molecule is NCC[C@@H](O)c1ccc(C2CC2)cc1. The fourth-order valence-electron chi connectivity index (χ4n) is 1.73. The number of aliphatic hydroxyl groups is 1. The Morgan fingerprint density at radius 3 is 2.43 bits per heavy atom. The maximum Gasteiger partial charge on any atom is 0.0802 e. The van der Waals surface area contributed by atoms with Gasteiger partial charge in [0.2, 0.25) is 0 Å². The van der Waals surface area contributed by atoms with E-state index in [0.717, 1.165) is 11.5 Å². The maximum atomic E-state index is 9.69. The van der Waals surface area contributed by atoms with E-state index in [1.54, 1.807) is 0 Å². The van der Waals surface area contributed by atoms with Gasteiger partial charge < -0.3 is 10.8 Å². The Hall–Kier alpha value is -0.860. The summed E-state index contributed by atoms with van der Waals surface area (Å²) in [6.07, 6.45) is 2.89. The second-order valence-corrected chi connectivity index (χ2v) is 4.03. The third-order valence-electron chi connectivity index (χ3n) is 2.81. The zero-order valence-electron chi connectivity index (χ0n) is 8.32. The van der Waals surface area contributed by atoms with Crippen molar-refractivity contribution in [2.24, 2.45) is 5.73 Å². The summed E-state index contributed by atoms with van der Waals surface area (Å²) in [5, 5.41) is 9.69. The summed E-state index contributed by atoms with van der Waals surface area (Å²) >= 11 is 0. The van der Waals surface area contributed by atoms with E-state index in [4.69, 9.17) is 5.73 Å². The van der Waals surface area contributed by atoms with Crippen molar-refractivity contribution in [2.45, 2.75) is 31.3 Å². The minimum absolute atomic E-state index is 0.395. The Balaban J connectivity index is 2.04. The average molecular weight is 191 g/mol. The first-order valence-electron chi connectivity index (χ1n) is 5.29. The Kier molecular flexibility index (Phi) is 2.85. The maximum absolute atomic E-state index is 9.69. The number of nitrogens with two attached hydrogens (primary N) is 1. The molecular formula is C12H17NO. The smallest absolute Gasteiger partial charge is 0.0802 e. The highest BCUT2D eigenvalue weighted by atomic mass is 16.3. The zero-order valence-corrected chi connectivity index (χ0v) is 8.32. The molecule has 1 aliphatic carbocycles. The predicted molar refractivity (Wildman–Crippen MR) is 57.0 cm³/mol. The van der Waals surface area contributed by atoms with E-state index in [2.05, 4.69) is 12.1 Å². The van der Waals surface area contributed by atoms with Gasteiger partial charge in [0.25, 0.3) is 0 Å². The van der Waals surface area contributed by atoms with Gasteiger partial charge in [-0.05, 0) is 42.9 Å². The molecule has 0 amide bonds. The van der Waals surface area contributed by atoms with Crippen molar-refractivity contribution in [3.05, 3.63) is 35.4 Å². The molecule has 1 aromatic rings. The van der Waals surface area contributed by atoms with Crippen LogP contribution in [0.25, 0.3) is 0 Å². The molecule has 0 radical (unpaired) electrons. The van der Waals surface area contributed by atoms with Crippen LogP contribution in [0, 0.1) is 0 Å². The fourth-order valence-corrected chi connectivity index (χ4v) is 1.73. The van der Waals surface area contributed by atoms with Crippen molar-refractivity contribution < 1.29 is 5.11 Å². The summed E-state index contributed by atoms with van der Waals surface area (Å²) in [4.78, 5) is 0. The van der Waals surface area contributed by atoms with Gasteiger partial charge in [-0.1, -0.05) is 24.3 Å². The summed E-state index contributed by atoms with van der Waals surface area (Å²) in [6.45, 7) is 0.533. The Bertz CT molecular complexity index is 290. The summed E-state index contributed by atoms with van der Waals surface area (Å²) in [7, 11) is 0. The lowest BCUT2D eigenvalue weighted by Gasteiger charge is -2.09. The van der Waals surface area contributed by atoms with Gasteiger partial charge in [0.15, 0.2) is 0 Å². The van der Waals surface area contributed by atoms with Crippen LogP contribution in [0.3, 0.4) is 0 Å². The third kappa shape index (κ3) is 2.14. The molecular weight excluding hydrogens is 174 g/mol. The van der Waals surface area contributed by atoms with Crippen LogP contribution in [0.1, 0.15) is 42.4 Å². The lowest BCUT2D eigenvalue weighted by molar-refractivity contribution is 0.170. The first-order valence-corrected chi connectivity index (χ1v) is 5.29. The molecule has 2 heteroatoms. The van der Waals surface area contributed by atoms with Crippen molar-refractivity contribution in [1.82, 2.24) is 0 Å². The first-order chi connectivity index (χ1) is 6.81. The van der Waals surface area contributed by atoms with Crippen molar-refractivity contribution in [2.75, 3.05) is 6.54 Å². The topological polar surface area (TPSA) is 46.2 Å². The minimum Gasteiger partial charge on any atom is -0.388 e. The summed E-state index contributed by atoms with van der Waals surface area (Å²) < 4.78 is 0. The molecule has 0 unspecified atom stereocenters. The normalized spacial score (nSPS) is 18.1.